The van der Waals surface area contributed by atoms with Crippen molar-refractivity contribution in [3.63, 3.8) is 0 Å². The van der Waals surface area contributed by atoms with E-state index in [9.17, 15) is 0 Å². The van der Waals surface area contributed by atoms with Crippen LogP contribution in [0.1, 0.15) is 19.8 Å². The topological polar surface area (TPSA) is 30.5 Å². The van der Waals surface area contributed by atoms with Crippen LogP contribution in [-0.4, -0.2) is 25.8 Å². The van der Waals surface area contributed by atoms with Crippen LogP contribution in [0.5, 0.6) is 11.5 Å². The van der Waals surface area contributed by atoms with Crippen LogP contribution in [0.4, 0.5) is 0 Å². The van der Waals surface area contributed by atoms with Gasteiger partial charge in [-0.1, -0.05) is 12.1 Å². The Labute approximate surface area is 131 Å². The number of hydrogen-bond acceptors (Lipinski definition) is 3. The van der Waals surface area contributed by atoms with Crippen LogP contribution in [0, 0.1) is 11.8 Å². The molecule has 1 saturated carbocycles. The molecule has 0 aromatic heterocycles. The largest absolute Gasteiger partial charge is 0.494 e. The fourth-order valence-electron chi connectivity index (χ4n) is 3.93. The van der Waals surface area contributed by atoms with E-state index in [2.05, 4.69) is 35.6 Å². The molecule has 3 atom stereocenters. The molecule has 4 rings (SSSR count). The van der Waals surface area contributed by atoms with Gasteiger partial charge in [0.1, 0.15) is 11.5 Å². The minimum Gasteiger partial charge on any atom is -0.494 e. The first kappa shape index (κ1) is 13.9. The van der Waals surface area contributed by atoms with E-state index >= 15 is 0 Å². The van der Waals surface area contributed by atoms with Gasteiger partial charge in [-0.2, -0.15) is 0 Å². The number of ether oxygens (including phenoxy) is 2. The lowest BCUT2D eigenvalue weighted by Gasteiger charge is -2.15. The van der Waals surface area contributed by atoms with Crippen molar-refractivity contribution in [1.82, 2.24) is 5.32 Å². The zero-order valence-corrected chi connectivity index (χ0v) is 13.0. The van der Waals surface area contributed by atoms with E-state index in [-0.39, 0.29) is 0 Å². The van der Waals surface area contributed by atoms with E-state index in [0.29, 0.717) is 12.7 Å². The average Bonchev–Trinajstić information content (AvgIpc) is 3.08. The number of nitrogens with one attached hydrogen (secondary N) is 1. The normalized spacial score (nSPS) is 27.0. The molecule has 0 radical (unpaired) electrons. The van der Waals surface area contributed by atoms with Gasteiger partial charge in [-0.05, 0) is 79.7 Å². The summed E-state index contributed by atoms with van der Waals surface area (Å²) in [6.07, 6.45) is 2.76. The van der Waals surface area contributed by atoms with Crippen LogP contribution >= 0.6 is 0 Å². The lowest BCUT2D eigenvalue weighted by molar-refractivity contribution is 0.199. The SMILES string of the molecule is CCOc1ccc2ccc(O[C@H]3C[C@H]4CNC[C@H]4C3)cc2c1. The molecule has 2 fully saturated rings. The van der Waals surface area contributed by atoms with E-state index in [1.807, 2.05) is 13.0 Å². The molecule has 0 bridgehead atoms. The molecule has 22 heavy (non-hydrogen) atoms. The zero-order valence-electron chi connectivity index (χ0n) is 13.0. The van der Waals surface area contributed by atoms with Gasteiger partial charge in [-0.25, -0.2) is 0 Å². The third kappa shape index (κ3) is 2.66. The summed E-state index contributed by atoms with van der Waals surface area (Å²) in [6.45, 7) is 5.04. The standard InChI is InChI=1S/C19H23NO2/c1-2-21-17-5-3-13-4-6-18(8-14(13)7-17)22-19-9-15-11-20-12-16(15)10-19/h3-8,15-16,19-20H,2,9-12H2,1H3/t15-,16+,19-. The van der Waals surface area contributed by atoms with Gasteiger partial charge < -0.3 is 14.8 Å². The molecule has 0 amide bonds. The maximum Gasteiger partial charge on any atom is 0.120 e. The molecule has 1 aliphatic carbocycles. The maximum atomic E-state index is 6.25. The fraction of sp³-hybridized carbons (Fsp3) is 0.474. The number of benzene rings is 2. The van der Waals surface area contributed by atoms with Crippen molar-refractivity contribution in [2.75, 3.05) is 19.7 Å². The summed E-state index contributed by atoms with van der Waals surface area (Å²) in [5, 5.41) is 5.89. The number of hydrogen-bond donors (Lipinski definition) is 1. The van der Waals surface area contributed by atoms with Crippen molar-refractivity contribution in [3.8, 4) is 11.5 Å². The Bertz CT molecular complexity index is 658. The first-order chi connectivity index (χ1) is 10.8. The van der Waals surface area contributed by atoms with Crippen LogP contribution in [0.25, 0.3) is 10.8 Å². The Kier molecular flexibility index (Phi) is 3.67. The lowest BCUT2D eigenvalue weighted by Crippen LogP contribution is -2.18. The third-order valence-electron chi connectivity index (χ3n) is 5.01. The maximum absolute atomic E-state index is 6.25. The summed E-state index contributed by atoms with van der Waals surface area (Å²) in [5.74, 6) is 3.54. The van der Waals surface area contributed by atoms with Crippen molar-refractivity contribution < 1.29 is 9.47 Å². The first-order valence-electron chi connectivity index (χ1n) is 8.36. The minimum absolute atomic E-state index is 0.379. The molecule has 2 aromatic carbocycles. The van der Waals surface area contributed by atoms with Crippen molar-refractivity contribution in [2.24, 2.45) is 11.8 Å². The lowest BCUT2D eigenvalue weighted by atomic mass is 10.0. The highest BCUT2D eigenvalue weighted by Crippen LogP contribution is 2.37. The molecular weight excluding hydrogens is 274 g/mol. The molecule has 1 aliphatic heterocycles. The molecule has 0 spiro atoms. The fourth-order valence-corrected chi connectivity index (χ4v) is 3.93. The van der Waals surface area contributed by atoms with E-state index in [1.54, 1.807) is 0 Å². The van der Waals surface area contributed by atoms with Crippen molar-refractivity contribution in [2.45, 2.75) is 25.9 Å². The molecular formula is C19H23NO2. The van der Waals surface area contributed by atoms with Gasteiger partial charge >= 0.3 is 0 Å². The summed E-state index contributed by atoms with van der Waals surface area (Å²) < 4.78 is 11.8. The average molecular weight is 297 g/mol. The quantitative estimate of drug-likeness (QED) is 0.935. The predicted molar refractivity (Wildman–Crippen MR) is 88.6 cm³/mol. The summed E-state index contributed by atoms with van der Waals surface area (Å²) in [5.41, 5.74) is 0. The van der Waals surface area contributed by atoms with Crippen LogP contribution in [0.2, 0.25) is 0 Å². The highest BCUT2D eigenvalue weighted by molar-refractivity contribution is 5.85. The van der Waals surface area contributed by atoms with Crippen LogP contribution < -0.4 is 14.8 Å². The summed E-state index contributed by atoms with van der Waals surface area (Å²) >= 11 is 0. The van der Waals surface area contributed by atoms with E-state index in [1.165, 1.54) is 36.7 Å². The van der Waals surface area contributed by atoms with E-state index in [0.717, 1.165) is 23.3 Å². The molecule has 2 aliphatic rings. The van der Waals surface area contributed by atoms with Crippen LogP contribution in [-0.2, 0) is 0 Å². The van der Waals surface area contributed by atoms with Gasteiger partial charge in [-0.3, -0.25) is 0 Å². The molecule has 116 valence electrons. The van der Waals surface area contributed by atoms with E-state index < -0.39 is 0 Å². The Morgan fingerprint density at radius 3 is 2.36 bits per heavy atom. The Morgan fingerprint density at radius 1 is 0.955 bits per heavy atom. The molecule has 1 saturated heterocycles. The van der Waals surface area contributed by atoms with Crippen molar-refractivity contribution in [1.29, 1.82) is 0 Å². The smallest absolute Gasteiger partial charge is 0.120 e. The highest BCUT2D eigenvalue weighted by Gasteiger charge is 2.38. The van der Waals surface area contributed by atoms with Gasteiger partial charge in [0, 0.05) is 0 Å². The summed E-state index contributed by atoms with van der Waals surface area (Å²) in [4.78, 5) is 0. The molecule has 1 heterocycles. The molecule has 2 aromatic rings. The monoisotopic (exact) mass is 297 g/mol. The minimum atomic E-state index is 0.379. The summed E-state index contributed by atoms with van der Waals surface area (Å²) in [7, 11) is 0. The third-order valence-corrected chi connectivity index (χ3v) is 5.01. The van der Waals surface area contributed by atoms with Gasteiger partial charge in [-0.15, -0.1) is 0 Å². The van der Waals surface area contributed by atoms with Gasteiger partial charge in [0.25, 0.3) is 0 Å². The van der Waals surface area contributed by atoms with Crippen molar-refractivity contribution >= 4 is 10.8 Å². The Balaban J connectivity index is 1.52. The van der Waals surface area contributed by atoms with E-state index in [4.69, 9.17) is 9.47 Å². The highest BCUT2D eigenvalue weighted by atomic mass is 16.5. The molecule has 3 heteroatoms. The Morgan fingerprint density at radius 2 is 1.64 bits per heavy atom. The zero-order chi connectivity index (χ0) is 14.9. The summed E-state index contributed by atoms with van der Waals surface area (Å²) in [6, 6.07) is 12.6. The number of fused-ring (bicyclic) bond motifs is 2. The van der Waals surface area contributed by atoms with Gasteiger partial charge in [0.15, 0.2) is 0 Å². The second-order valence-corrected chi connectivity index (χ2v) is 6.49. The second kappa shape index (κ2) is 5.81. The van der Waals surface area contributed by atoms with Crippen LogP contribution in [0.15, 0.2) is 36.4 Å². The Hall–Kier alpha value is -1.74. The second-order valence-electron chi connectivity index (χ2n) is 6.49. The molecule has 3 nitrogen and oxygen atoms in total. The molecule has 0 unspecified atom stereocenters. The number of rotatable bonds is 4. The first-order valence-corrected chi connectivity index (χ1v) is 8.36. The van der Waals surface area contributed by atoms with Crippen LogP contribution in [0.3, 0.4) is 0 Å². The van der Waals surface area contributed by atoms with Crippen molar-refractivity contribution in [3.05, 3.63) is 36.4 Å². The predicted octanol–water partition coefficient (Wildman–Crippen LogP) is 3.62. The van der Waals surface area contributed by atoms with Gasteiger partial charge in [0.2, 0.25) is 0 Å². The molecule has 1 N–H and O–H groups in total. The van der Waals surface area contributed by atoms with Gasteiger partial charge in [0.05, 0.1) is 12.7 Å².